The number of nitriles is 1. The van der Waals surface area contributed by atoms with Gasteiger partial charge in [0, 0.05) is 0 Å². The molecule has 3 rings (SSSR count). The average molecular weight is 441 g/mol. The fourth-order valence-electron chi connectivity index (χ4n) is 3.34. The van der Waals surface area contributed by atoms with Crippen molar-refractivity contribution in [3.05, 3.63) is 100 Å². The van der Waals surface area contributed by atoms with Crippen molar-refractivity contribution in [1.29, 1.82) is 5.26 Å². The highest BCUT2D eigenvalue weighted by molar-refractivity contribution is 6.01. The number of hydrogen-bond acceptors (Lipinski definition) is 4. The Morgan fingerprint density at radius 2 is 1.79 bits per heavy atom. The van der Waals surface area contributed by atoms with Crippen LogP contribution in [0.25, 0.3) is 6.08 Å². The van der Waals surface area contributed by atoms with Crippen molar-refractivity contribution < 1.29 is 14.3 Å². The van der Waals surface area contributed by atoms with Gasteiger partial charge in [-0.05, 0) is 66.8 Å². The van der Waals surface area contributed by atoms with E-state index in [9.17, 15) is 10.1 Å². The molecule has 1 amide bonds. The maximum absolute atomic E-state index is 12.7. The van der Waals surface area contributed by atoms with E-state index in [2.05, 4.69) is 11.4 Å². The maximum Gasteiger partial charge on any atom is 0.262 e. The summed E-state index contributed by atoms with van der Waals surface area (Å²) in [6.45, 7) is 6.40. The largest absolute Gasteiger partial charge is 0.493 e. The molecule has 0 bridgehead atoms. The molecule has 0 heterocycles. The van der Waals surface area contributed by atoms with E-state index in [1.807, 2.05) is 69.3 Å². The van der Waals surface area contributed by atoms with Gasteiger partial charge >= 0.3 is 0 Å². The van der Waals surface area contributed by atoms with E-state index in [-0.39, 0.29) is 11.6 Å². The minimum atomic E-state index is -0.424. The number of ether oxygens (including phenoxy) is 2. The molecule has 0 radical (unpaired) electrons. The number of hydrogen-bond donors (Lipinski definition) is 1. The smallest absolute Gasteiger partial charge is 0.262 e. The number of carbonyl (C=O) groups excluding carboxylic acids is 1. The van der Waals surface area contributed by atoms with E-state index < -0.39 is 5.91 Å². The predicted molar refractivity (Wildman–Crippen MR) is 130 cm³/mol. The third-order valence-electron chi connectivity index (χ3n) is 5.48. The molecule has 33 heavy (non-hydrogen) atoms. The first-order valence-electron chi connectivity index (χ1n) is 10.8. The van der Waals surface area contributed by atoms with Crippen LogP contribution in [-0.2, 0) is 11.4 Å². The van der Waals surface area contributed by atoms with Crippen molar-refractivity contribution in [2.75, 3.05) is 7.11 Å². The highest BCUT2D eigenvalue weighted by atomic mass is 16.5. The first-order valence-corrected chi connectivity index (χ1v) is 10.8. The molecule has 1 unspecified atom stereocenters. The van der Waals surface area contributed by atoms with Gasteiger partial charge in [0.2, 0.25) is 0 Å². The summed E-state index contributed by atoms with van der Waals surface area (Å²) < 4.78 is 11.3. The van der Waals surface area contributed by atoms with Gasteiger partial charge in [-0.1, -0.05) is 54.6 Å². The van der Waals surface area contributed by atoms with Gasteiger partial charge < -0.3 is 14.8 Å². The number of benzene rings is 3. The zero-order valence-corrected chi connectivity index (χ0v) is 19.4. The second-order valence-electron chi connectivity index (χ2n) is 7.89. The van der Waals surface area contributed by atoms with Crippen molar-refractivity contribution in [2.45, 2.75) is 33.4 Å². The molecule has 168 valence electrons. The summed E-state index contributed by atoms with van der Waals surface area (Å²) >= 11 is 0. The lowest BCUT2D eigenvalue weighted by molar-refractivity contribution is -0.117. The second-order valence-corrected chi connectivity index (χ2v) is 7.89. The van der Waals surface area contributed by atoms with Crippen LogP contribution in [0.15, 0.2) is 72.3 Å². The number of carbonyl (C=O) groups is 1. The predicted octanol–water partition coefficient (Wildman–Crippen LogP) is 5.68. The summed E-state index contributed by atoms with van der Waals surface area (Å²) in [5.74, 6) is 0.692. The molecule has 0 saturated heterocycles. The number of nitrogens with zero attached hydrogens (tertiary/aromatic N) is 1. The lowest BCUT2D eigenvalue weighted by Crippen LogP contribution is -2.27. The van der Waals surface area contributed by atoms with Crippen molar-refractivity contribution in [3.63, 3.8) is 0 Å². The van der Waals surface area contributed by atoms with E-state index in [0.717, 1.165) is 16.7 Å². The molecule has 0 saturated carbocycles. The summed E-state index contributed by atoms with van der Waals surface area (Å²) in [7, 11) is 1.56. The summed E-state index contributed by atoms with van der Waals surface area (Å²) in [4.78, 5) is 12.7. The molecule has 0 spiro atoms. The van der Waals surface area contributed by atoms with Crippen molar-refractivity contribution >= 4 is 12.0 Å². The molecule has 0 aliphatic rings. The molecular formula is C28H28N2O3. The molecule has 3 aromatic rings. The van der Waals surface area contributed by atoms with Gasteiger partial charge in [0.15, 0.2) is 11.5 Å². The van der Waals surface area contributed by atoms with Crippen LogP contribution in [0.3, 0.4) is 0 Å². The summed E-state index contributed by atoms with van der Waals surface area (Å²) in [6.07, 6.45) is 1.55. The van der Waals surface area contributed by atoms with Crippen LogP contribution in [0.2, 0.25) is 0 Å². The molecule has 5 heteroatoms. The zero-order chi connectivity index (χ0) is 23.8. The van der Waals surface area contributed by atoms with E-state index in [4.69, 9.17) is 9.47 Å². The quantitative estimate of drug-likeness (QED) is 0.362. The Morgan fingerprint density at radius 1 is 1.03 bits per heavy atom. The van der Waals surface area contributed by atoms with Crippen LogP contribution < -0.4 is 14.8 Å². The average Bonchev–Trinajstić information content (AvgIpc) is 2.83. The molecule has 0 aliphatic heterocycles. The van der Waals surface area contributed by atoms with Gasteiger partial charge in [0.25, 0.3) is 5.91 Å². The Kier molecular flexibility index (Phi) is 7.88. The van der Waals surface area contributed by atoms with Crippen molar-refractivity contribution in [1.82, 2.24) is 5.32 Å². The fraction of sp³-hybridized carbons (Fsp3) is 0.214. The Labute approximate surface area is 195 Å². The van der Waals surface area contributed by atoms with E-state index in [1.54, 1.807) is 31.4 Å². The highest BCUT2D eigenvalue weighted by Gasteiger charge is 2.15. The monoisotopic (exact) mass is 440 g/mol. The fourth-order valence-corrected chi connectivity index (χ4v) is 3.34. The number of amides is 1. The molecule has 5 nitrogen and oxygen atoms in total. The Morgan fingerprint density at radius 3 is 2.45 bits per heavy atom. The minimum absolute atomic E-state index is 0.0192. The maximum atomic E-state index is 12.7. The molecule has 1 N–H and O–H groups in total. The Balaban J connectivity index is 1.73. The van der Waals surface area contributed by atoms with Gasteiger partial charge in [-0.25, -0.2) is 0 Å². The third-order valence-corrected chi connectivity index (χ3v) is 5.48. The normalized spacial score (nSPS) is 11.9. The van der Waals surface area contributed by atoms with E-state index >= 15 is 0 Å². The first kappa shape index (κ1) is 23.6. The molecular weight excluding hydrogens is 412 g/mol. The number of aryl methyl sites for hydroxylation is 2. The molecule has 3 aromatic carbocycles. The van der Waals surface area contributed by atoms with Gasteiger partial charge in [0.05, 0.1) is 13.2 Å². The van der Waals surface area contributed by atoms with Crippen LogP contribution in [0.5, 0.6) is 11.5 Å². The van der Waals surface area contributed by atoms with Crippen LogP contribution in [0.1, 0.15) is 40.8 Å². The number of methoxy groups -OCH3 is 1. The van der Waals surface area contributed by atoms with Crippen LogP contribution >= 0.6 is 0 Å². The van der Waals surface area contributed by atoms with Crippen LogP contribution in [-0.4, -0.2) is 13.0 Å². The number of rotatable bonds is 8. The molecule has 0 aromatic heterocycles. The zero-order valence-electron chi connectivity index (χ0n) is 19.4. The van der Waals surface area contributed by atoms with Gasteiger partial charge in [-0.15, -0.1) is 0 Å². The van der Waals surface area contributed by atoms with Crippen molar-refractivity contribution in [3.8, 4) is 17.6 Å². The summed E-state index contributed by atoms with van der Waals surface area (Å²) in [5, 5.41) is 12.5. The molecule has 1 atom stereocenters. The lowest BCUT2D eigenvalue weighted by Gasteiger charge is -2.15. The SMILES string of the molecule is COc1cc(/C=C(/C#N)C(=O)NC(C)c2ccc(C)c(C)c2)ccc1OCc1ccccc1. The van der Waals surface area contributed by atoms with Crippen molar-refractivity contribution in [2.24, 2.45) is 0 Å². The van der Waals surface area contributed by atoms with E-state index in [0.29, 0.717) is 23.7 Å². The topological polar surface area (TPSA) is 71.3 Å². The Hall–Kier alpha value is -4.04. The second kappa shape index (κ2) is 11.0. The summed E-state index contributed by atoms with van der Waals surface area (Å²) in [5.41, 5.74) is 5.08. The first-order chi connectivity index (χ1) is 15.9. The third kappa shape index (κ3) is 6.24. The molecule has 0 fully saturated rings. The van der Waals surface area contributed by atoms with Gasteiger partial charge in [-0.3, -0.25) is 4.79 Å². The number of nitrogens with one attached hydrogen (secondary N) is 1. The Bertz CT molecular complexity index is 1190. The highest BCUT2D eigenvalue weighted by Crippen LogP contribution is 2.30. The van der Waals surface area contributed by atoms with Gasteiger partial charge in [0.1, 0.15) is 18.2 Å². The lowest BCUT2D eigenvalue weighted by atomic mass is 10.0. The summed E-state index contributed by atoms with van der Waals surface area (Å²) in [6, 6.07) is 23.0. The van der Waals surface area contributed by atoms with E-state index in [1.165, 1.54) is 5.56 Å². The minimum Gasteiger partial charge on any atom is -0.493 e. The van der Waals surface area contributed by atoms with Crippen LogP contribution in [0.4, 0.5) is 0 Å². The van der Waals surface area contributed by atoms with Crippen LogP contribution in [0, 0.1) is 25.2 Å². The standard InChI is InChI=1S/C28H28N2O3/c1-19-10-12-24(14-20(19)2)21(3)30-28(31)25(17-29)15-23-11-13-26(27(16-23)32-4)33-18-22-8-6-5-7-9-22/h5-16,21H,18H2,1-4H3,(H,30,31)/b25-15-. The molecule has 0 aliphatic carbocycles. The van der Waals surface area contributed by atoms with Gasteiger partial charge in [-0.2, -0.15) is 5.26 Å².